The van der Waals surface area contributed by atoms with Crippen LogP contribution < -0.4 is 26.4 Å². The topological polar surface area (TPSA) is 127 Å². The number of nitrogens with one attached hydrogen (secondary N) is 2. The fraction of sp³-hybridized carbons (Fsp3) is 0.583. The summed E-state index contributed by atoms with van der Waals surface area (Å²) >= 11 is 0. The molecule has 3 aromatic rings. The molecule has 182 valence electrons. The van der Waals surface area contributed by atoms with E-state index in [9.17, 15) is 4.79 Å². The lowest BCUT2D eigenvalue weighted by Gasteiger charge is -2.44. The van der Waals surface area contributed by atoms with Crippen LogP contribution in [0.1, 0.15) is 51.0 Å². The van der Waals surface area contributed by atoms with Gasteiger partial charge in [-0.15, -0.1) is 0 Å². The molecule has 4 N–H and O–H groups in total. The highest BCUT2D eigenvalue weighted by molar-refractivity contribution is 5.81. The van der Waals surface area contributed by atoms with Crippen LogP contribution in [0, 0.1) is 5.41 Å². The van der Waals surface area contributed by atoms with Crippen LogP contribution in [0.4, 0.5) is 11.6 Å². The van der Waals surface area contributed by atoms with Crippen LogP contribution in [0.5, 0.6) is 6.01 Å². The molecule has 0 radical (unpaired) electrons. The Labute approximate surface area is 198 Å². The molecule has 5 rings (SSSR count). The highest BCUT2D eigenvalue weighted by atomic mass is 16.5. The average molecular weight is 467 g/mol. The summed E-state index contributed by atoms with van der Waals surface area (Å²) in [6, 6.07) is 4.28. The van der Waals surface area contributed by atoms with Gasteiger partial charge in [-0.25, -0.2) is 9.78 Å². The van der Waals surface area contributed by atoms with Gasteiger partial charge in [0.2, 0.25) is 0 Å². The largest absolute Gasteiger partial charge is 0.463 e. The van der Waals surface area contributed by atoms with E-state index < -0.39 is 0 Å². The Kier molecular flexibility index (Phi) is 6.40. The molecule has 2 saturated heterocycles. The Morgan fingerprint density at radius 1 is 1.15 bits per heavy atom. The number of aromatic nitrogens is 5. The molecular weight excluding hydrogens is 432 g/mol. The SMILES string of the molecule is CCCCOc1nc(N)c2[nH]c(=O)n(Cc3ccc(N4CCC5(CCNCC5)CC4)nc3)c2n1. The lowest BCUT2D eigenvalue weighted by atomic mass is 9.71. The first-order valence-corrected chi connectivity index (χ1v) is 12.4. The molecule has 0 bridgehead atoms. The molecule has 34 heavy (non-hydrogen) atoms. The number of rotatable bonds is 7. The molecule has 0 aliphatic carbocycles. The maximum atomic E-state index is 12.6. The molecule has 0 saturated carbocycles. The number of nitrogens with two attached hydrogens (primary N) is 1. The number of H-pyrrole nitrogens is 1. The van der Waals surface area contributed by atoms with Crippen molar-refractivity contribution in [2.24, 2.45) is 5.41 Å². The van der Waals surface area contributed by atoms with Crippen LogP contribution in [0.15, 0.2) is 23.1 Å². The average Bonchev–Trinajstić information content (AvgIpc) is 3.17. The van der Waals surface area contributed by atoms with E-state index in [0.29, 0.717) is 29.7 Å². The second kappa shape index (κ2) is 9.61. The number of aromatic amines is 1. The van der Waals surface area contributed by atoms with Gasteiger partial charge in [-0.3, -0.25) is 4.57 Å². The number of piperidine rings is 2. The number of nitrogen functional groups attached to an aromatic ring is 1. The Balaban J connectivity index is 1.29. The first-order valence-electron chi connectivity index (χ1n) is 12.4. The minimum absolute atomic E-state index is 0.191. The van der Waals surface area contributed by atoms with Gasteiger partial charge in [0.05, 0.1) is 13.2 Å². The van der Waals surface area contributed by atoms with Gasteiger partial charge in [0.15, 0.2) is 11.5 Å². The van der Waals surface area contributed by atoms with E-state index in [1.807, 2.05) is 12.3 Å². The number of ether oxygens (including phenoxy) is 1. The van der Waals surface area contributed by atoms with Crippen LogP contribution in [-0.4, -0.2) is 57.3 Å². The summed E-state index contributed by atoms with van der Waals surface area (Å²) in [4.78, 5) is 31.1. The van der Waals surface area contributed by atoms with E-state index >= 15 is 0 Å². The van der Waals surface area contributed by atoms with Crippen molar-refractivity contribution in [3.05, 3.63) is 34.4 Å². The molecule has 3 aromatic heterocycles. The number of pyridine rings is 1. The summed E-state index contributed by atoms with van der Waals surface area (Å²) in [5, 5.41) is 3.48. The predicted molar refractivity (Wildman–Crippen MR) is 132 cm³/mol. The smallest absolute Gasteiger partial charge is 0.328 e. The van der Waals surface area contributed by atoms with Crippen molar-refractivity contribution in [2.45, 2.75) is 52.0 Å². The van der Waals surface area contributed by atoms with Gasteiger partial charge in [-0.1, -0.05) is 19.4 Å². The zero-order valence-electron chi connectivity index (χ0n) is 19.8. The summed E-state index contributed by atoms with van der Waals surface area (Å²) in [5.41, 5.74) is 8.08. The summed E-state index contributed by atoms with van der Waals surface area (Å²) in [7, 11) is 0. The van der Waals surface area contributed by atoms with Gasteiger partial charge in [0.1, 0.15) is 11.3 Å². The van der Waals surface area contributed by atoms with Crippen molar-refractivity contribution in [3.8, 4) is 6.01 Å². The van der Waals surface area contributed by atoms with Gasteiger partial charge in [0, 0.05) is 19.3 Å². The number of hydrogen-bond acceptors (Lipinski definition) is 8. The van der Waals surface area contributed by atoms with Crippen LogP contribution in [0.25, 0.3) is 11.2 Å². The van der Waals surface area contributed by atoms with Crippen LogP contribution in [0.3, 0.4) is 0 Å². The monoisotopic (exact) mass is 466 g/mol. The predicted octanol–water partition coefficient (Wildman–Crippen LogP) is 2.29. The highest BCUT2D eigenvalue weighted by Gasteiger charge is 2.35. The molecule has 2 fully saturated rings. The van der Waals surface area contributed by atoms with Crippen LogP contribution >= 0.6 is 0 Å². The summed E-state index contributed by atoms with van der Waals surface area (Å²) in [5.74, 6) is 1.20. The first kappa shape index (κ1) is 22.6. The van der Waals surface area contributed by atoms with Gasteiger partial charge in [0.25, 0.3) is 0 Å². The molecule has 5 heterocycles. The van der Waals surface area contributed by atoms with Gasteiger partial charge < -0.3 is 25.7 Å². The number of anilines is 2. The standard InChI is InChI=1S/C24H34N8O2/c1-2-3-14-34-22-29-20(25)19-21(30-22)32(23(33)28-19)16-17-4-5-18(27-15-17)31-12-8-24(9-13-31)6-10-26-11-7-24/h4-5,15,26H,2-3,6-14,16H2,1H3,(H,28,33)(H2,25,29,30). The van der Waals surface area contributed by atoms with Crippen molar-refractivity contribution in [3.63, 3.8) is 0 Å². The van der Waals surface area contributed by atoms with E-state index in [1.165, 1.54) is 25.7 Å². The Morgan fingerprint density at radius 2 is 1.94 bits per heavy atom. The second-order valence-corrected chi connectivity index (χ2v) is 9.57. The number of unbranched alkanes of at least 4 members (excludes halogenated alkanes) is 1. The number of imidazole rings is 1. The van der Waals surface area contributed by atoms with Gasteiger partial charge in [-0.05, 0) is 62.2 Å². The van der Waals surface area contributed by atoms with Crippen molar-refractivity contribution in [2.75, 3.05) is 43.4 Å². The van der Waals surface area contributed by atoms with Gasteiger partial charge in [-0.2, -0.15) is 9.97 Å². The van der Waals surface area contributed by atoms with E-state index in [2.05, 4.69) is 38.2 Å². The third-order valence-corrected chi connectivity index (χ3v) is 7.32. The van der Waals surface area contributed by atoms with E-state index in [-0.39, 0.29) is 17.5 Å². The second-order valence-electron chi connectivity index (χ2n) is 9.57. The van der Waals surface area contributed by atoms with E-state index in [0.717, 1.165) is 50.4 Å². The third kappa shape index (κ3) is 4.59. The lowest BCUT2D eigenvalue weighted by molar-refractivity contribution is 0.154. The number of fused-ring (bicyclic) bond motifs is 1. The van der Waals surface area contributed by atoms with E-state index in [4.69, 9.17) is 15.5 Å². The molecule has 0 unspecified atom stereocenters. The third-order valence-electron chi connectivity index (χ3n) is 7.32. The maximum Gasteiger partial charge on any atom is 0.328 e. The molecule has 1 spiro atoms. The highest BCUT2D eigenvalue weighted by Crippen LogP contribution is 2.40. The van der Waals surface area contributed by atoms with Crippen molar-refractivity contribution < 1.29 is 4.74 Å². The van der Waals surface area contributed by atoms with E-state index in [1.54, 1.807) is 4.57 Å². The fourth-order valence-electron chi connectivity index (χ4n) is 5.10. The minimum atomic E-state index is -0.283. The normalized spacial score (nSPS) is 18.0. The van der Waals surface area contributed by atoms with Crippen molar-refractivity contribution >= 4 is 22.8 Å². The van der Waals surface area contributed by atoms with Crippen LogP contribution in [-0.2, 0) is 6.54 Å². The molecule has 0 atom stereocenters. The summed E-state index contributed by atoms with van der Waals surface area (Å²) in [6.07, 6.45) is 8.77. The Morgan fingerprint density at radius 3 is 2.65 bits per heavy atom. The molecule has 0 amide bonds. The zero-order chi connectivity index (χ0) is 23.5. The van der Waals surface area contributed by atoms with Crippen molar-refractivity contribution in [1.29, 1.82) is 0 Å². The first-order chi connectivity index (χ1) is 16.6. The Bertz CT molecular complexity index is 1170. The number of hydrogen-bond donors (Lipinski definition) is 3. The molecule has 10 heteroatoms. The summed E-state index contributed by atoms with van der Waals surface area (Å²) in [6.45, 7) is 7.31. The molecule has 2 aliphatic rings. The zero-order valence-corrected chi connectivity index (χ0v) is 19.8. The maximum absolute atomic E-state index is 12.6. The Hall–Kier alpha value is -3.14. The molecular formula is C24H34N8O2. The number of nitrogens with zero attached hydrogens (tertiary/aromatic N) is 5. The molecule has 2 aliphatic heterocycles. The molecule has 0 aromatic carbocycles. The molecule has 10 nitrogen and oxygen atoms in total. The quantitative estimate of drug-likeness (QED) is 0.453. The van der Waals surface area contributed by atoms with Crippen LogP contribution in [0.2, 0.25) is 0 Å². The minimum Gasteiger partial charge on any atom is -0.463 e. The lowest BCUT2D eigenvalue weighted by Crippen LogP contribution is -2.45. The van der Waals surface area contributed by atoms with Crippen molar-refractivity contribution in [1.82, 2.24) is 29.8 Å². The fourth-order valence-corrected chi connectivity index (χ4v) is 5.10. The summed E-state index contributed by atoms with van der Waals surface area (Å²) < 4.78 is 7.18. The van der Waals surface area contributed by atoms with Gasteiger partial charge >= 0.3 is 11.7 Å².